The Labute approximate surface area is 161 Å². The van der Waals surface area contributed by atoms with E-state index in [9.17, 15) is 4.79 Å². The van der Waals surface area contributed by atoms with Gasteiger partial charge in [0.25, 0.3) is 0 Å². The number of nitrogens with zero attached hydrogens (tertiary/aromatic N) is 1. The highest BCUT2D eigenvalue weighted by Gasteiger charge is 2.30. The average molecular weight is 368 g/mol. The average Bonchev–Trinajstić information content (AvgIpc) is 3.52. The van der Waals surface area contributed by atoms with Gasteiger partial charge in [0.1, 0.15) is 18.1 Å². The fourth-order valence-electron chi connectivity index (χ4n) is 2.97. The van der Waals surface area contributed by atoms with E-state index in [1.54, 1.807) is 0 Å². The van der Waals surface area contributed by atoms with Crippen molar-refractivity contribution in [3.8, 4) is 11.5 Å². The van der Waals surface area contributed by atoms with Crippen molar-refractivity contribution in [2.75, 3.05) is 26.3 Å². The van der Waals surface area contributed by atoms with Crippen molar-refractivity contribution in [3.63, 3.8) is 0 Å². The van der Waals surface area contributed by atoms with Gasteiger partial charge in [0.15, 0.2) is 0 Å². The van der Waals surface area contributed by atoms with Crippen LogP contribution in [0.25, 0.3) is 0 Å². The van der Waals surface area contributed by atoms with Crippen LogP contribution in [-0.2, 0) is 11.3 Å². The van der Waals surface area contributed by atoms with Crippen LogP contribution in [0.2, 0.25) is 0 Å². The topological polar surface area (TPSA) is 50.8 Å². The van der Waals surface area contributed by atoms with Gasteiger partial charge in [0, 0.05) is 12.6 Å². The molecular formula is C22H28N2O3. The molecule has 1 saturated carbocycles. The third-order valence-electron chi connectivity index (χ3n) is 4.47. The summed E-state index contributed by atoms with van der Waals surface area (Å²) in [6.45, 7) is 4.80. The summed E-state index contributed by atoms with van der Waals surface area (Å²) in [6, 6.07) is 18.4. The van der Waals surface area contributed by atoms with E-state index in [4.69, 9.17) is 9.47 Å². The van der Waals surface area contributed by atoms with Gasteiger partial charge in [-0.3, -0.25) is 9.69 Å². The lowest BCUT2D eigenvalue weighted by Crippen LogP contribution is -2.39. The molecule has 2 aromatic rings. The van der Waals surface area contributed by atoms with Gasteiger partial charge in [-0.25, -0.2) is 0 Å². The fraction of sp³-hybridized carbons (Fsp3) is 0.409. The number of hydrogen-bond acceptors (Lipinski definition) is 4. The molecule has 1 amide bonds. The molecule has 0 spiro atoms. The van der Waals surface area contributed by atoms with Gasteiger partial charge in [0.05, 0.1) is 19.7 Å². The first-order valence-corrected chi connectivity index (χ1v) is 9.65. The zero-order valence-corrected chi connectivity index (χ0v) is 15.9. The maximum absolute atomic E-state index is 12.3. The van der Waals surface area contributed by atoms with Crippen LogP contribution in [0.15, 0.2) is 54.6 Å². The highest BCUT2D eigenvalue weighted by atomic mass is 16.5. The summed E-state index contributed by atoms with van der Waals surface area (Å²) >= 11 is 0. The second-order valence-electron chi connectivity index (χ2n) is 6.72. The molecule has 0 aliphatic heterocycles. The quantitative estimate of drug-likeness (QED) is 0.619. The largest absolute Gasteiger partial charge is 0.494 e. The Bertz CT molecular complexity index is 699. The van der Waals surface area contributed by atoms with Crippen LogP contribution in [0.3, 0.4) is 0 Å². The van der Waals surface area contributed by atoms with Crippen LogP contribution in [0, 0.1) is 0 Å². The van der Waals surface area contributed by atoms with Gasteiger partial charge in [0.2, 0.25) is 5.91 Å². The van der Waals surface area contributed by atoms with Crippen LogP contribution in [0.4, 0.5) is 0 Å². The van der Waals surface area contributed by atoms with E-state index in [2.05, 4.69) is 22.3 Å². The van der Waals surface area contributed by atoms with Crippen molar-refractivity contribution in [1.29, 1.82) is 0 Å². The summed E-state index contributed by atoms with van der Waals surface area (Å²) in [6.07, 6.45) is 2.36. The van der Waals surface area contributed by atoms with E-state index >= 15 is 0 Å². The summed E-state index contributed by atoms with van der Waals surface area (Å²) in [5.74, 6) is 1.65. The van der Waals surface area contributed by atoms with Gasteiger partial charge in [-0.15, -0.1) is 0 Å². The second kappa shape index (κ2) is 9.97. The van der Waals surface area contributed by atoms with Gasteiger partial charge in [-0.1, -0.05) is 30.3 Å². The normalized spacial score (nSPS) is 13.4. The Morgan fingerprint density at radius 2 is 1.70 bits per heavy atom. The van der Waals surface area contributed by atoms with Crippen molar-refractivity contribution < 1.29 is 14.3 Å². The number of hydrogen-bond donors (Lipinski definition) is 1. The minimum absolute atomic E-state index is 0.0492. The zero-order chi connectivity index (χ0) is 18.9. The van der Waals surface area contributed by atoms with Crippen LogP contribution in [0.5, 0.6) is 11.5 Å². The Kier molecular flexibility index (Phi) is 7.11. The van der Waals surface area contributed by atoms with E-state index in [-0.39, 0.29) is 5.91 Å². The Morgan fingerprint density at radius 3 is 2.33 bits per heavy atom. The van der Waals surface area contributed by atoms with Crippen LogP contribution >= 0.6 is 0 Å². The molecule has 144 valence electrons. The number of carbonyl (C=O) groups is 1. The molecule has 0 aromatic heterocycles. The Balaban J connectivity index is 1.37. The molecule has 5 nitrogen and oxygen atoms in total. The van der Waals surface area contributed by atoms with Crippen LogP contribution in [-0.4, -0.2) is 43.2 Å². The fourth-order valence-corrected chi connectivity index (χ4v) is 2.97. The van der Waals surface area contributed by atoms with E-state index in [1.165, 1.54) is 18.4 Å². The summed E-state index contributed by atoms with van der Waals surface area (Å²) < 4.78 is 11.1. The summed E-state index contributed by atoms with van der Waals surface area (Å²) in [5, 5.41) is 2.95. The first-order chi connectivity index (χ1) is 13.2. The van der Waals surface area contributed by atoms with E-state index < -0.39 is 0 Å². The molecule has 3 rings (SSSR count). The maximum atomic E-state index is 12.3. The monoisotopic (exact) mass is 368 g/mol. The lowest BCUT2D eigenvalue weighted by atomic mass is 10.2. The molecule has 1 aliphatic carbocycles. The number of amides is 1. The molecule has 2 aromatic carbocycles. The Hall–Kier alpha value is -2.53. The van der Waals surface area contributed by atoms with E-state index in [1.807, 2.05) is 49.4 Å². The number of ether oxygens (including phenoxy) is 2. The lowest BCUT2D eigenvalue weighted by molar-refractivity contribution is -0.122. The zero-order valence-electron chi connectivity index (χ0n) is 15.9. The minimum Gasteiger partial charge on any atom is -0.494 e. The third-order valence-corrected chi connectivity index (χ3v) is 4.47. The number of nitrogens with one attached hydrogen (secondary N) is 1. The molecule has 1 aliphatic rings. The molecule has 0 unspecified atom stereocenters. The van der Waals surface area contributed by atoms with Crippen LogP contribution in [0.1, 0.15) is 25.3 Å². The molecule has 0 radical (unpaired) electrons. The lowest BCUT2D eigenvalue weighted by Gasteiger charge is -2.21. The molecule has 5 heteroatoms. The van der Waals surface area contributed by atoms with E-state index in [0.29, 0.717) is 32.3 Å². The highest BCUT2D eigenvalue weighted by Crippen LogP contribution is 2.28. The molecule has 0 saturated heterocycles. The minimum atomic E-state index is 0.0492. The number of rotatable bonds is 11. The molecule has 0 atom stereocenters. The molecule has 1 fully saturated rings. The summed E-state index contributed by atoms with van der Waals surface area (Å²) in [5.41, 5.74) is 1.25. The molecule has 0 bridgehead atoms. The van der Waals surface area contributed by atoms with Crippen LogP contribution < -0.4 is 14.8 Å². The smallest absolute Gasteiger partial charge is 0.234 e. The summed E-state index contributed by atoms with van der Waals surface area (Å²) in [4.78, 5) is 14.5. The number of carbonyl (C=O) groups excluding carboxylic acids is 1. The van der Waals surface area contributed by atoms with Gasteiger partial charge in [-0.05, 0) is 49.6 Å². The summed E-state index contributed by atoms with van der Waals surface area (Å²) in [7, 11) is 0. The van der Waals surface area contributed by atoms with E-state index in [0.717, 1.165) is 18.0 Å². The van der Waals surface area contributed by atoms with Gasteiger partial charge >= 0.3 is 0 Å². The number of benzene rings is 2. The molecule has 27 heavy (non-hydrogen) atoms. The predicted octanol–water partition coefficient (Wildman–Crippen LogP) is 3.24. The third kappa shape index (κ3) is 6.61. The van der Waals surface area contributed by atoms with Crippen molar-refractivity contribution in [1.82, 2.24) is 10.2 Å². The standard InChI is InChI=1S/C22H28N2O3/c1-2-26-20-10-12-21(13-11-20)27-15-14-23-22(25)17-24(19-8-9-19)16-18-6-4-3-5-7-18/h3-7,10-13,19H,2,8-9,14-17H2,1H3,(H,23,25). The Morgan fingerprint density at radius 1 is 1.04 bits per heavy atom. The van der Waals surface area contributed by atoms with Gasteiger partial charge < -0.3 is 14.8 Å². The van der Waals surface area contributed by atoms with Crippen molar-refractivity contribution in [2.24, 2.45) is 0 Å². The molecule has 0 heterocycles. The predicted molar refractivity (Wildman–Crippen MR) is 106 cm³/mol. The van der Waals surface area contributed by atoms with Gasteiger partial charge in [-0.2, -0.15) is 0 Å². The second-order valence-corrected chi connectivity index (χ2v) is 6.72. The highest BCUT2D eigenvalue weighted by molar-refractivity contribution is 5.78. The van der Waals surface area contributed by atoms with Crippen molar-refractivity contribution in [3.05, 3.63) is 60.2 Å². The SMILES string of the molecule is CCOc1ccc(OCCNC(=O)CN(Cc2ccccc2)C2CC2)cc1. The molecular weight excluding hydrogens is 340 g/mol. The first kappa shape index (κ1) is 19.2. The first-order valence-electron chi connectivity index (χ1n) is 9.65. The van der Waals surface area contributed by atoms with Crippen molar-refractivity contribution in [2.45, 2.75) is 32.4 Å². The maximum Gasteiger partial charge on any atom is 0.234 e. The molecule has 1 N–H and O–H groups in total. The van der Waals surface area contributed by atoms with Crippen molar-refractivity contribution >= 4 is 5.91 Å².